The molecule has 21 heavy (non-hydrogen) atoms. The summed E-state index contributed by atoms with van der Waals surface area (Å²) in [5, 5.41) is 4.87. The lowest BCUT2D eigenvalue weighted by Gasteiger charge is -2.20. The van der Waals surface area contributed by atoms with Crippen LogP contribution in [0.15, 0.2) is 36.5 Å². The summed E-state index contributed by atoms with van der Waals surface area (Å²) in [6, 6.07) is 10.9. The summed E-state index contributed by atoms with van der Waals surface area (Å²) in [4.78, 5) is 4.58. The van der Waals surface area contributed by atoms with Crippen LogP contribution in [0.3, 0.4) is 0 Å². The number of fused-ring (bicyclic) bond motifs is 1. The van der Waals surface area contributed by atoms with E-state index in [0.717, 1.165) is 44.5 Å². The largest absolute Gasteiger partial charge is 0.382 e. The minimum atomic E-state index is 0.351. The lowest BCUT2D eigenvalue weighted by atomic mass is 9.99. The van der Waals surface area contributed by atoms with E-state index >= 15 is 0 Å². The van der Waals surface area contributed by atoms with E-state index in [1.165, 1.54) is 10.9 Å². The van der Waals surface area contributed by atoms with Gasteiger partial charge in [-0.15, -0.1) is 0 Å². The van der Waals surface area contributed by atoms with Crippen LogP contribution in [0.4, 0.5) is 0 Å². The average molecular weight is 286 g/mol. The Hall–Kier alpha value is -1.45. The molecule has 0 saturated carbocycles. The predicted octanol–water partition coefficient (Wildman–Crippen LogP) is 4.09. The van der Waals surface area contributed by atoms with E-state index < -0.39 is 0 Å². The maximum atomic E-state index is 5.47. The molecular formula is C18H26N2O. The van der Waals surface area contributed by atoms with Gasteiger partial charge in [-0.1, -0.05) is 31.2 Å². The lowest BCUT2D eigenvalue weighted by molar-refractivity contribution is 0.141. The first kappa shape index (κ1) is 15.9. The Morgan fingerprint density at radius 1 is 1.19 bits per heavy atom. The summed E-state index contributed by atoms with van der Waals surface area (Å²) in [5.41, 5.74) is 2.42. The van der Waals surface area contributed by atoms with Gasteiger partial charge >= 0.3 is 0 Å². The van der Waals surface area contributed by atoms with Gasteiger partial charge in [-0.3, -0.25) is 4.98 Å². The van der Waals surface area contributed by atoms with Crippen LogP contribution in [-0.4, -0.2) is 24.7 Å². The standard InChI is InChI=1S/C18H26N2O/c1-3-12-19-17(11-7-14-21-4-2)16-10-5-8-15-9-6-13-20-18(15)16/h5-6,8-10,13,17,19H,3-4,7,11-12,14H2,1-2H3. The zero-order chi connectivity index (χ0) is 14.9. The number of nitrogens with zero attached hydrogens (tertiary/aromatic N) is 1. The van der Waals surface area contributed by atoms with Crippen LogP contribution in [0.25, 0.3) is 10.9 Å². The van der Waals surface area contributed by atoms with E-state index in [1.54, 1.807) is 0 Å². The van der Waals surface area contributed by atoms with Gasteiger partial charge in [0.15, 0.2) is 0 Å². The number of ether oxygens (including phenoxy) is 1. The number of nitrogens with one attached hydrogen (secondary N) is 1. The van der Waals surface area contributed by atoms with E-state index in [2.05, 4.69) is 41.5 Å². The van der Waals surface area contributed by atoms with Crippen molar-refractivity contribution in [3.05, 3.63) is 42.1 Å². The van der Waals surface area contributed by atoms with Gasteiger partial charge < -0.3 is 10.1 Å². The predicted molar refractivity (Wildman–Crippen MR) is 88.5 cm³/mol. The number of rotatable bonds is 9. The summed E-state index contributed by atoms with van der Waals surface area (Å²) in [5.74, 6) is 0. The molecule has 0 aliphatic heterocycles. The molecule has 0 spiro atoms. The van der Waals surface area contributed by atoms with Gasteiger partial charge in [0.2, 0.25) is 0 Å². The van der Waals surface area contributed by atoms with Crippen molar-refractivity contribution in [2.45, 2.75) is 39.2 Å². The normalized spacial score (nSPS) is 12.7. The lowest BCUT2D eigenvalue weighted by Crippen LogP contribution is -2.23. The highest BCUT2D eigenvalue weighted by atomic mass is 16.5. The van der Waals surface area contributed by atoms with Crippen molar-refractivity contribution in [1.82, 2.24) is 10.3 Å². The molecule has 114 valence electrons. The van der Waals surface area contributed by atoms with Crippen molar-refractivity contribution in [1.29, 1.82) is 0 Å². The van der Waals surface area contributed by atoms with Crippen LogP contribution in [0.1, 0.15) is 44.7 Å². The van der Waals surface area contributed by atoms with Crippen molar-refractivity contribution in [2.75, 3.05) is 19.8 Å². The summed E-state index contributed by atoms with van der Waals surface area (Å²) >= 11 is 0. The van der Waals surface area contributed by atoms with Gasteiger partial charge in [-0.25, -0.2) is 0 Å². The van der Waals surface area contributed by atoms with Crippen molar-refractivity contribution >= 4 is 10.9 Å². The summed E-state index contributed by atoms with van der Waals surface area (Å²) in [6.07, 6.45) is 5.16. The van der Waals surface area contributed by atoms with E-state index in [0.29, 0.717) is 6.04 Å². The zero-order valence-electron chi connectivity index (χ0n) is 13.1. The first-order chi connectivity index (χ1) is 10.4. The van der Waals surface area contributed by atoms with Gasteiger partial charge in [0.25, 0.3) is 0 Å². The van der Waals surface area contributed by atoms with Gasteiger partial charge in [-0.2, -0.15) is 0 Å². The van der Waals surface area contributed by atoms with Crippen LogP contribution in [-0.2, 0) is 4.74 Å². The maximum absolute atomic E-state index is 5.47. The Morgan fingerprint density at radius 2 is 2.05 bits per heavy atom. The molecule has 0 amide bonds. The molecule has 1 aromatic heterocycles. The van der Waals surface area contributed by atoms with Gasteiger partial charge in [0.1, 0.15) is 0 Å². The highest BCUT2D eigenvalue weighted by molar-refractivity contribution is 5.81. The Morgan fingerprint density at radius 3 is 2.86 bits per heavy atom. The second-order valence-electron chi connectivity index (χ2n) is 5.27. The molecule has 1 N–H and O–H groups in total. The Balaban J connectivity index is 2.17. The number of hydrogen-bond acceptors (Lipinski definition) is 3. The number of benzene rings is 1. The highest BCUT2D eigenvalue weighted by Crippen LogP contribution is 2.25. The van der Waals surface area contributed by atoms with E-state index in [9.17, 15) is 0 Å². The second kappa shape index (κ2) is 8.75. The average Bonchev–Trinajstić information content (AvgIpc) is 2.54. The Kier molecular flexibility index (Phi) is 6.64. The number of para-hydroxylation sites is 1. The van der Waals surface area contributed by atoms with Crippen LogP contribution < -0.4 is 5.32 Å². The summed E-state index contributed by atoms with van der Waals surface area (Å²) < 4.78 is 5.47. The molecule has 3 nitrogen and oxygen atoms in total. The van der Waals surface area contributed by atoms with Gasteiger partial charge in [0, 0.05) is 30.8 Å². The van der Waals surface area contributed by atoms with E-state index in [4.69, 9.17) is 4.74 Å². The fourth-order valence-electron chi connectivity index (χ4n) is 2.63. The summed E-state index contributed by atoms with van der Waals surface area (Å²) in [6.45, 7) is 6.90. The highest BCUT2D eigenvalue weighted by Gasteiger charge is 2.14. The molecule has 1 atom stereocenters. The first-order valence-corrected chi connectivity index (χ1v) is 8.01. The van der Waals surface area contributed by atoms with Crippen LogP contribution in [0, 0.1) is 0 Å². The van der Waals surface area contributed by atoms with Crippen molar-refractivity contribution < 1.29 is 4.74 Å². The minimum absolute atomic E-state index is 0.351. The molecule has 1 aromatic carbocycles. The quantitative estimate of drug-likeness (QED) is 0.705. The number of pyridine rings is 1. The van der Waals surface area contributed by atoms with E-state index in [1.807, 2.05) is 19.2 Å². The molecular weight excluding hydrogens is 260 g/mol. The molecule has 0 aliphatic rings. The monoisotopic (exact) mass is 286 g/mol. The van der Waals surface area contributed by atoms with Crippen LogP contribution >= 0.6 is 0 Å². The van der Waals surface area contributed by atoms with Gasteiger partial charge in [-0.05, 0) is 44.4 Å². The molecule has 0 radical (unpaired) electrons. The number of aromatic nitrogens is 1. The molecule has 2 rings (SSSR count). The molecule has 2 aromatic rings. The molecule has 1 heterocycles. The molecule has 0 aliphatic carbocycles. The topological polar surface area (TPSA) is 34.1 Å². The molecule has 1 unspecified atom stereocenters. The second-order valence-corrected chi connectivity index (χ2v) is 5.27. The van der Waals surface area contributed by atoms with Gasteiger partial charge in [0.05, 0.1) is 5.52 Å². The SMILES string of the molecule is CCCNC(CCCOCC)c1cccc2cccnc12. The van der Waals surface area contributed by atoms with E-state index in [-0.39, 0.29) is 0 Å². The summed E-state index contributed by atoms with van der Waals surface area (Å²) in [7, 11) is 0. The minimum Gasteiger partial charge on any atom is -0.382 e. The zero-order valence-corrected chi connectivity index (χ0v) is 13.1. The molecule has 0 saturated heterocycles. The van der Waals surface area contributed by atoms with Crippen LogP contribution in [0.5, 0.6) is 0 Å². The number of hydrogen-bond donors (Lipinski definition) is 1. The van der Waals surface area contributed by atoms with Crippen molar-refractivity contribution in [3.63, 3.8) is 0 Å². The molecule has 0 bridgehead atoms. The van der Waals surface area contributed by atoms with Crippen molar-refractivity contribution in [2.24, 2.45) is 0 Å². The Labute approximate surface area is 127 Å². The Bertz CT molecular complexity index is 536. The van der Waals surface area contributed by atoms with Crippen LogP contribution in [0.2, 0.25) is 0 Å². The van der Waals surface area contributed by atoms with Crippen molar-refractivity contribution in [3.8, 4) is 0 Å². The third kappa shape index (κ3) is 4.51. The fraction of sp³-hybridized carbons (Fsp3) is 0.500. The third-order valence-corrected chi connectivity index (χ3v) is 3.67. The maximum Gasteiger partial charge on any atom is 0.0749 e. The fourth-order valence-corrected chi connectivity index (χ4v) is 2.63. The third-order valence-electron chi connectivity index (χ3n) is 3.67. The smallest absolute Gasteiger partial charge is 0.0749 e. The molecule has 3 heteroatoms. The molecule has 0 fully saturated rings. The first-order valence-electron chi connectivity index (χ1n) is 8.01.